The van der Waals surface area contributed by atoms with Gasteiger partial charge < -0.3 is 19.9 Å². The number of rotatable bonds is 3. The average Bonchev–Trinajstić information content (AvgIpc) is 2.88. The van der Waals surface area contributed by atoms with Gasteiger partial charge in [0.1, 0.15) is 6.04 Å². The lowest BCUT2D eigenvalue weighted by atomic mass is 10.1. The minimum absolute atomic E-state index is 0.0218. The summed E-state index contributed by atoms with van der Waals surface area (Å²) in [6.45, 7) is 2.89. The van der Waals surface area contributed by atoms with Gasteiger partial charge in [0.15, 0.2) is 0 Å². The molecule has 0 aliphatic carbocycles. The van der Waals surface area contributed by atoms with Crippen LogP contribution in [-0.4, -0.2) is 74.1 Å². The quantitative estimate of drug-likeness (QED) is 0.746. The highest BCUT2D eigenvalue weighted by molar-refractivity contribution is 5.88. The molecule has 2 saturated heterocycles. The third-order valence-corrected chi connectivity index (χ3v) is 3.71. The number of hydrogen-bond donors (Lipinski definition) is 1. The molecule has 108 valence electrons. The van der Waals surface area contributed by atoms with Gasteiger partial charge in [0.2, 0.25) is 11.8 Å². The Kier molecular flexibility index (Phi) is 4.76. The number of carbonyl (C=O) groups is 2. The van der Waals surface area contributed by atoms with Gasteiger partial charge in [0.05, 0.1) is 19.1 Å². The lowest BCUT2D eigenvalue weighted by Gasteiger charge is -2.29. The lowest BCUT2D eigenvalue weighted by molar-refractivity contribution is -0.144. The summed E-state index contributed by atoms with van der Waals surface area (Å²) in [5.74, 6) is 0.0555. The fourth-order valence-corrected chi connectivity index (χ4v) is 2.68. The third-order valence-electron chi connectivity index (χ3n) is 3.71. The van der Waals surface area contributed by atoms with Crippen LogP contribution in [0.25, 0.3) is 0 Å². The summed E-state index contributed by atoms with van der Waals surface area (Å²) in [5.41, 5.74) is 0. The first kappa shape index (κ1) is 14.3. The molecule has 2 fully saturated rings. The van der Waals surface area contributed by atoms with Crippen LogP contribution in [-0.2, 0) is 14.3 Å². The van der Waals surface area contributed by atoms with Gasteiger partial charge in [-0.15, -0.1) is 0 Å². The molecule has 0 aromatic carbocycles. The summed E-state index contributed by atoms with van der Waals surface area (Å²) in [5, 5.41) is 3.21. The Labute approximate surface area is 114 Å². The number of ether oxygens (including phenoxy) is 1. The summed E-state index contributed by atoms with van der Waals surface area (Å²) in [7, 11) is 3.47. The molecule has 0 aromatic rings. The maximum atomic E-state index is 12.3. The molecule has 0 saturated carbocycles. The number of likely N-dealkylation sites (N-methyl/N-ethyl adjacent to an activating group) is 1. The molecule has 6 heteroatoms. The van der Waals surface area contributed by atoms with Gasteiger partial charge in [-0.1, -0.05) is 0 Å². The number of carbonyl (C=O) groups excluding carboxylic acids is 2. The fourth-order valence-electron chi connectivity index (χ4n) is 2.68. The van der Waals surface area contributed by atoms with E-state index in [1.165, 1.54) is 0 Å². The first-order valence-corrected chi connectivity index (χ1v) is 6.92. The van der Waals surface area contributed by atoms with E-state index < -0.39 is 0 Å². The molecule has 2 rings (SSSR count). The van der Waals surface area contributed by atoms with E-state index in [0.717, 1.165) is 19.4 Å². The average molecular weight is 269 g/mol. The predicted molar refractivity (Wildman–Crippen MR) is 70.7 cm³/mol. The molecule has 6 nitrogen and oxygen atoms in total. The van der Waals surface area contributed by atoms with Crippen LogP contribution >= 0.6 is 0 Å². The second-order valence-corrected chi connectivity index (χ2v) is 5.38. The molecule has 0 radical (unpaired) electrons. The van der Waals surface area contributed by atoms with Crippen LogP contribution in [0.5, 0.6) is 0 Å². The largest absolute Gasteiger partial charge is 0.375 e. The van der Waals surface area contributed by atoms with Crippen molar-refractivity contribution in [2.24, 2.45) is 0 Å². The Morgan fingerprint density at radius 1 is 1.42 bits per heavy atom. The van der Waals surface area contributed by atoms with Crippen LogP contribution in [0.4, 0.5) is 0 Å². The van der Waals surface area contributed by atoms with Crippen molar-refractivity contribution in [3.05, 3.63) is 0 Å². The highest BCUT2D eigenvalue weighted by Gasteiger charge is 2.35. The van der Waals surface area contributed by atoms with E-state index in [9.17, 15) is 9.59 Å². The van der Waals surface area contributed by atoms with Crippen molar-refractivity contribution in [1.82, 2.24) is 15.1 Å². The maximum absolute atomic E-state index is 12.3. The van der Waals surface area contributed by atoms with Crippen LogP contribution in [0.15, 0.2) is 0 Å². The van der Waals surface area contributed by atoms with Crippen LogP contribution in [0.1, 0.15) is 19.3 Å². The van der Waals surface area contributed by atoms with Crippen molar-refractivity contribution in [2.45, 2.75) is 31.4 Å². The van der Waals surface area contributed by atoms with Crippen LogP contribution < -0.4 is 5.32 Å². The second-order valence-electron chi connectivity index (χ2n) is 5.38. The normalized spacial score (nSPS) is 27.4. The minimum Gasteiger partial charge on any atom is -0.375 e. The zero-order chi connectivity index (χ0) is 13.8. The Balaban J connectivity index is 1.91. The molecular weight excluding hydrogens is 246 g/mol. The third kappa shape index (κ3) is 3.45. The number of hydrogen-bond acceptors (Lipinski definition) is 4. The molecule has 1 N–H and O–H groups in total. The highest BCUT2D eigenvalue weighted by atomic mass is 16.5. The molecule has 19 heavy (non-hydrogen) atoms. The SMILES string of the molecule is CN(C)C(=O)C1CCCN1C(=O)CC1CNCCO1. The van der Waals surface area contributed by atoms with E-state index in [4.69, 9.17) is 4.74 Å². The van der Waals surface area contributed by atoms with Gasteiger partial charge in [0, 0.05) is 33.7 Å². The van der Waals surface area contributed by atoms with Gasteiger partial charge in [-0.2, -0.15) is 0 Å². The van der Waals surface area contributed by atoms with Crippen molar-refractivity contribution >= 4 is 11.8 Å². The topological polar surface area (TPSA) is 61.9 Å². The minimum atomic E-state index is -0.279. The Hall–Kier alpha value is -1.14. The first-order chi connectivity index (χ1) is 9.09. The van der Waals surface area contributed by atoms with E-state index in [1.54, 1.807) is 23.9 Å². The fraction of sp³-hybridized carbons (Fsp3) is 0.846. The summed E-state index contributed by atoms with van der Waals surface area (Å²) < 4.78 is 5.55. The van der Waals surface area contributed by atoms with Crippen LogP contribution in [0.2, 0.25) is 0 Å². The summed E-state index contributed by atoms with van der Waals surface area (Å²) in [6.07, 6.45) is 1.98. The Morgan fingerprint density at radius 3 is 2.84 bits per heavy atom. The number of nitrogens with one attached hydrogen (secondary N) is 1. The van der Waals surface area contributed by atoms with Gasteiger partial charge in [-0.3, -0.25) is 9.59 Å². The van der Waals surface area contributed by atoms with E-state index >= 15 is 0 Å². The molecule has 0 bridgehead atoms. The van der Waals surface area contributed by atoms with Crippen molar-refractivity contribution in [2.75, 3.05) is 40.3 Å². The van der Waals surface area contributed by atoms with Gasteiger partial charge in [-0.05, 0) is 12.8 Å². The van der Waals surface area contributed by atoms with E-state index in [0.29, 0.717) is 26.1 Å². The molecule has 2 aliphatic heterocycles. The molecule has 0 aromatic heterocycles. The highest BCUT2D eigenvalue weighted by Crippen LogP contribution is 2.20. The van der Waals surface area contributed by atoms with E-state index in [1.807, 2.05) is 0 Å². The first-order valence-electron chi connectivity index (χ1n) is 6.92. The molecule has 0 spiro atoms. The molecular formula is C13H23N3O3. The number of nitrogens with zero attached hydrogens (tertiary/aromatic N) is 2. The predicted octanol–water partition coefficient (Wildman–Crippen LogP) is -0.556. The van der Waals surface area contributed by atoms with Crippen molar-refractivity contribution in [3.8, 4) is 0 Å². The van der Waals surface area contributed by atoms with Crippen molar-refractivity contribution in [1.29, 1.82) is 0 Å². The summed E-state index contributed by atoms with van der Waals surface area (Å²) in [4.78, 5) is 27.6. The zero-order valence-corrected chi connectivity index (χ0v) is 11.7. The van der Waals surface area contributed by atoms with Gasteiger partial charge in [0.25, 0.3) is 0 Å². The van der Waals surface area contributed by atoms with Crippen molar-refractivity contribution < 1.29 is 14.3 Å². The van der Waals surface area contributed by atoms with Gasteiger partial charge >= 0.3 is 0 Å². The summed E-state index contributed by atoms with van der Waals surface area (Å²) in [6, 6.07) is -0.279. The Morgan fingerprint density at radius 2 is 2.21 bits per heavy atom. The van der Waals surface area contributed by atoms with Crippen LogP contribution in [0.3, 0.4) is 0 Å². The standard InChI is InChI=1S/C13H23N3O3/c1-15(2)13(18)11-4-3-6-16(11)12(17)8-10-9-14-5-7-19-10/h10-11,14H,3-9H2,1-2H3. The molecule has 2 aliphatic rings. The molecule has 2 unspecified atom stereocenters. The molecule has 2 atom stereocenters. The number of likely N-dealkylation sites (tertiary alicyclic amines) is 1. The van der Waals surface area contributed by atoms with Crippen molar-refractivity contribution in [3.63, 3.8) is 0 Å². The molecule has 2 heterocycles. The van der Waals surface area contributed by atoms with Crippen LogP contribution in [0, 0.1) is 0 Å². The maximum Gasteiger partial charge on any atom is 0.244 e. The monoisotopic (exact) mass is 269 g/mol. The van der Waals surface area contributed by atoms with E-state index in [-0.39, 0.29) is 24.0 Å². The Bertz CT molecular complexity index is 340. The van der Waals surface area contributed by atoms with Gasteiger partial charge in [-0.25, -0.2) is 0 Å². The second kappa shape index (κ2) is 6.34. The lowest BCUT2D eigenvalue weighted by Crippen LogP contribution is -2.48. The summed E-state index contributed by atoms with van der Waals surface area (Å²) >= 11 is 0. The molecule has 2 amide bonds. The number of amides is 2. The smallest absolute Gasteiger partial charge is 0.244 e. The zero-order valence-electron chi connectivity index (χ0n) is 11.7. The number of morpholine rings is 1. The van der Waals surface area contributed by atoms with E-state index in [2.05, 4.69) is 5.32 Å².